The molecule has 64 valence electrons. The second kappa shape index (κ2) is 2.41. The number of nitrogens with two attached hydrogens (primary N) is 1. The van der Waals surface area contributed by atoms with Gasteiger partial charge in [-0.05, 0) is 25.0 Å². The Bertz CT molecular complexity index is 320. The molecule has 3 heteroatoms. The Morgan fingerprint density at radius 2 is 2.08 bits per heavy atom. The molecule has 0 spiro atoms. The number of hydrogen-bond donors (Lipinski definition) is 3. The molecule has 0 heterocycles. The summed E-state index contributed by atoms with van der Waals surface area (Å²) in [6.45, 7) is 0. The lowest BCUT2D eigenvalue weighted by atomic mass is 10.1. The van der Waals surface area contributed by atoms with Gasteiger partial charge in [0.15, 0.2) is 0 Å². The quantitative estimate of drug-likeness (QED) is 0.577. The van der Waals surface area contributed by atoms with E-state index in [1.807, 2.05) is 12.1 Å². The summed E-state index contributed by atoms with van der Waals surface area (Å²) in [6, 6.07) is 5.33. The molecular formula is C9H11NOS. The molecule has 0 aliphatic heterocycles. The van der Waals surface area contributed by atoms with Gasteiger partial charge >= 0.3 is 0 Å². The zero-order valence-corrected chi connectivity index (χ0v) is 7.51. The van der Waals surface area contributed by atoms with Crippen molar-refractivity contribution in [3.63, 3.8) is 0 Å². The van der Waals surface area contributed by atoms with Crippen LogP contribution in [0.15, 0.2) is 23.1 Å². The van der Waals surface area contributed by atoms with Crippen LogP contribution < -0.4 is 5.73 Å². The van der Waals surface area contributed by atoms with Crippen molar-refractivity contribution in [2.45, 2.75) is 23.3 Å². The van der Waals surface area contributed by atoms with E-state index in [1.165, 1.54) is 0 Å². The fourth-order valence-electron chi connectivity index (χ4n) is 1.35. The average Bonchev–Trinajstić information content (AvgIpc) is 2.68. The normalized spacial score (nSPS) is 19.2. The van der Waals surface area contributed by atoms with Gasteiger partial charge in [-0.2, -0.15) is 0 Å². The third kappa shape index (κ3) is 1.19. The number of aromatic hydroxyl groups is 1. The summed E-state index contributed by atoms with van der Waals surface area (Å²) in [4.78, 5) is 0.764. The highest BCUT2D eigenvalue weighted by molar-refractivity contribution is 7.80. The SMILES string of the molecule is NC1(c2ccc(S)cc2O)CC1. The topological polar surface area (TPSA) is 46.2 Å². The monoisotopic (exact) mass is 181 g/mol. The van der Waals surface area contributed by atoms with Gasteiger partial charge in [-0.3, -0.25) is 0 Å². The Hall–Kier alpha value is -0.670. The molecule has 0 atom stereocenters. The zero-order chi connectivity index (χ0) is 8.77. The largest absolute Gasteiger partial charge is 0.508 e. The standard InChI is InChI=1S/C9H11NOS/c10-9(3-4-9)7-2-1-6(12)5-8(7)11/h1-2,5,11-12H,3-4,10H2. The van der Waals surface area contributed by atoms with E-state index in [9.17, 15) is 5.11 Å². The van der Waals surface area contributed by atoms with Gasteiger partial charge in [0.25, 0.3) is 0 Å². The first-order valence-corrected chi connectivity index (χ1v) is 4.38. The Kier molecular flexibility index (Phi) is 1.59. The van der Waals surface area contributed by atoms with E-state index in [0.29, 0.717) is 0 Å². The Morgan fingerprint density at radius 1 is 1.42 bits per heavy atom. The number of benzene rings is 1. The van der Waals surface area contributed by atoms with E-state index in [-0.39, 0.29) is 11.3 Å². The van der Waals surface area contributed by atoms with Crippen molar-refractivity contribution in [3.05, 3.63) is 23.8 Å². The first kappa shape index (κ1) is 7.95. The third-order valence-electron chi connectivity index (χ3n) is 2.31. The molecule has 2 nitrogen and oxygen atoms in total. The van der Waals surface area contributed by atoms with Gasteiger partial charge in [0, 0.05) is 16.0 Å². The highest BCUT2D eigenvalue weighted by atomic mass is 32.1. The molecule has 3 N–H and O–H groups in total. The van der Waals surface area contributed by atoms with Crippen LogP contribution in [-0.2, 0) is 5.54 Å². The molecule has 0 aromatic heterocycles. The molecule has 0 unspecified atom stereocenters. The number of phenols is 1. The van der Waals surface area contributed by atoms with E-state index in [1.54, 1.807) is 6.07 Å². The van der Waals surface area contributed by atoms with E-state index in [2.05, 4.69) is 12.6 Å². The van der Waals surface area contributed by atoms with Gasteiger partial charge in [0.2, 0.25) is 0 Å². The highest BCUT2D eigenvalue weighted by Gasteiger charge is 2.41. The van der Waals surface area contributed by atoms with E-state index in [4.69, 9.17) is 5.73 Å². The minimum absolute atomic E-state index is 0.258. The third-order valence-corrected chi connectivity index (χ3v) is 2.58. The summed E-state index contributed by atoms with van der Waals surface area (Å²) in [5.41, 5.74) is 6.52. The predicted molar refractivity (Wildman–Crippen MR) is 50.5 cm³/mol. The second-order valence-corrected chi connectivity index (χ2v) is 3.87. The lowest BCUT2D eigenvalue weighted by Crippen LogP contribution is -2.18. The van der Waals surface area contributed by atoms with Gasteiger partial charge in [-0.1, -0.05) is 6.07 Å². The summed E-state index contributed by atoms with van der Waals surface area (Å²) in [5.74, 6) is 0.266. The minimum Gasteiger partial charge on any atom is -0.508 e. The maximum absolute atomic E-state index is 9.54. The average molecular weight is 181 g/mol. The van der Waals surface area contributed by atoms with Crippen molar-refractivity contribution in [2.24, 2.45) is 5.73 Å². The maximum Gasteiger partial charge on any atom is 0.121 e. The van der Waals surface area contributed by atoms with Crippen LogP contribution in [0.1, 0.15) is 18.4 Å². The number of rotatable bonds is 1. The molecule has 1 aliphatic carbocycles. The van der Waals surface area contributed by atoms with Gasteiger partial charge < -0.3 is 10.8 Å². The summed E-state index contributed by atoms with van der Waals surface area (Å²) in [6.07, 6.45) is 1.93. The molecule has 0 bridgehead atoms. The van der Waals surface area contributed by atoms with E-state index < -0.39 is 0 Å². The van der Waals surface area contributed by atoms with Crippen LogP contribution in [0.4, 0.5) is 0 Å². The molecule has 1 aromatic rings. The van der Waals surface area contributed by atoms with Gasteiger partial charge in [-0.15, -0.1) is 12.6 Å². The van der Waals surface area contributed by atoms with Crippen molar-refractivity contribution in [3.8, 4) is 5.75 Å². The smallest absolute Gasteiger partial charge is 0.121 e. The van der Waals surface area contributed by atoms with Crippen LogP contribution in [0.2, 0.25) is 0 Å². The first-order valence-electron chi connectivity index (χ1n) is 3.93. The number of hydrogen-bond acceptors (Lipinski definition) is 3. The van der Waals surface area contributed by atoms with Crippen LogP contribution >= 0.6 is 12.6 Å². The van der Waals surface area contributed by atoms with Crippen LogP contribution in [-0.4, -0.2) is 5.11 Å². The molecule has 2 rings (SSSR count). The van der Waals surface area contributed by atoms with Gasteiger partial charge in [0.1, 0.15) is 5.75 Å². The summed E-state index contributed by atoms with van der Waals surface area (Å²) < 4.78 is 0. The Labute approximate surface area is 76.8 Å². The van der Waals surface area contributed by atoms with Crippen molar-refractivity contribution < 1.29 is 5.11 Å². The van der Waals surface area contributed by atoms with Crippen LogP contribution in [0.3, 0.4) is 0 Å². The van der Waals surface area contributed by atoms with Crippen molar-refractivity contribution >= 4 is 12.6 Å². The summed E-state index contributed by atoms with van der Waals surface area (Å²) in [5, 5.41) is 9.54. The molecule has 0 amide bonds. The minimum atomic E-state index is -0.258. The fourth-order valence-corrected chi connectivity index (χ4v) is 1.54. The highest BCUT2D eigenvalue weighted by Crippen LogP contribution is 2.46. The van der Waals surface area contributed by atoms with Crippen LogP contribution in [0, 0.1) is 0 Å². The molecule has 12 heavy (non-hydrogen) atoms. The fraction of sp³-hybridized carbons (Fsp3) is 0.333. The molecule has 1 saturated carbocycles. The lowest BCUT2D eigenvalue weighted by molar-refractivity contribution is 0.458. The van der Waals surface area contributed by atoms with E-state index in [0.717, 1.165) is 23.3 Å². The maximum atomic E-state index is 9.54. The molecule has 0 saturated heterocycles. The molecule has 1 aromatic carbocycles. The van der Waals surface area contributed by atoms with E-state index >= 15 is 0 Å². The summed E-state index contributed by atoms with van der Waals surface area (Å²) >= 11 is 4.12. The Morgan fingerprint density at radius 3 is 2.58 bits per heavy atom. The number of phenolic OH excluding ortho intramolecular Hbond substituents is 1. The number of thiol groups is 1. The molecule has 1 fully saturated rings. The first-order chi connectivity index (χ1) is 5.62. The van der Waals surface area contributed by atoms with Crippen molar-refractivity contribution in [1.29, 1.82) is 0 Å². The van der Waals surface area contributed by atoms with Crippen molar-refractivity contribution in [2.75, 3.05) is 0 Å². The predicted octanol–water partition coefficient (Wildman–Crippen LogP) is 1.63. The molecule has 1 aliphatic rings. The van der Waals surface area contributed by atoms with Crippen molar-refractivity contribution in [1.82, 2.24) is 0 Å². The van der Waals surface area contributed by atoms with Gasteiger partial charge in [0.05, 0.1) is 0 Å². The summed E-state index contributed by atoms with van der Waals surface area (Å²) in [7, 11) is 0. The van der Waals surface area contributed by atoms with Crippen LogP contribution in [0.25, 0.3) is 0 Å². The Balaban J connectivity index is 2.45. The zero-order valence-electron chi connectivity index (χ0n) is 6.62. The second-order valence-electron chi connectivity index (χ2n) is 3.36. The molecule has 0 radical (unpaired) electrons. The van der Waals surface area contributed by atoms with Gasteiger partial charge in [-0.25, -0.2) is 0 Å². The lowest BCUT2D eigenvalue weighted by Gasteiger charge is -2.10. The van der Waals surface area contributed by atoms with Crippen LogP contribution in [0.5, 0.6) is 5.75 Å². The molecular weight excluding hydrogens is 170 g/mol.